The van der Waals surface area contributed by atoms with Crippen molar-refractivity contribution in [2.45, 2.75) is 11.1 Å². The van der Waals surface area contributed by atoms with Crippen LogP contribution in [0.2, 0.25) is 0 Å². The van der Waals surface area contributed by atoms with E-state index in [1.807, 2.05) is 0 Å². The van der Waals surface area contributed by atoms with Crippen LogP contribution < -0.4 is 16.0 Å². The van der Waals surface area contributed by atoms with Crippen molar-refractivity contribution < 1.29 is 35.7 Å². The summed E-state index contributed by atoms with van der Waals surface area (Å²) in [5.41, 5.74) is 2.54. The average molecular weight is 442 g/mol. The van der Waals surface area contributed by atoms with Crippen LogP contribution in [0.5, 0.6) is 5.75 Å². The van der Waals surface area contributed by atoms with Crippen molar-refractivity contribution in [3.8, 4) is 11.4 Å². The van der Waals surface area contributed by atoms with E-state index in [1.54, 1.807) is 0 Å². The van der Waals surface area contributed by atoms with E-state index in [2.05, 4.69) is 0 Å². The minimum Gasteiger partial charge on any atom is -0.496 e. The number of halogens is 3. The molecule has 0 radical (unpaired) electrons. The second kappa shape index (κ2) is 7.15. The van der Waals surface area contributed by atoms with Crippen molar-refractivity contribution in [2.75, 3.05) is 7.11 Å². The quantitative estimate of drug-likeness (QED) is 0.597. The van der Waals surface area contributed by atoms with Crippen LogP contribution in [0, 0.1) is 0 Å². The molecule has 0 saturated carbocycles. The van der Waals surface area contributed by atoms with Crippen LogP contribution in [0.4, 0.5) is 13.2 Å². The van der Waals surface area contributed by atoms with Gasteiger partial charge in [-0.1, -0.05) is 0 Å². The Labute approximate surface area is 167 Å². The average Bonchev–Trinajstić information content (AvgIpc) is 2.64. The summed E-state index contributed by atoms with van der Waals surface area (Å²) < 4.78 is 78.4. The van der Waals surface area contributed by atoms with Gasteiger partial charge >= 0.3 is 6.18 Å². The van der Waals surface area contributed by atoms with E-state index in [9.17, 15) is 35.7 Å². The van der Waals surface area contributed by atoms with Gasteiger partial charge in [-0.25, -0.2) is 0 Å². The third kappa shape index (κ3) is 3.74. The highest BCUT2D eigenvalue weighted by Crippen LogP contribution is 2.35. The molecule has 0 unspecified atom stereocenters. The number of rotatable bonds is 4. The van der Waals surface area contributed by atoms with Crippen LogP contribution >= 0.6 is 0 Å². The summed E-state index contributed by atoms with van der Waals surface area (Å²) in [6.07, 6.45) is -4.97. The van der Waals surface area contributed by atoms with Crippen molar-refractivity contribution in [1.29, 1.82) is 0 Å². The lowest BCUT2D eigenvalue weighted by Crippen LogP contribution is -2.22. The SMILES string of the molecule is COc1cc(-n2c(=O)cc(C(F)(F)F)c3cc(S(=O)(=O)O)ccc32)ccc1C(N)=O. The molecule has 0 atom stereocenters. The number of pyridine rings is 1. The molecule has 1 heterocycles. The van der Waals surface area contributed by atoms with E-state index >= 15 is 0 Å². The van der Waals surface area contributed by atoms with Crippen LogP contribution in [0.15, 0.2) is 52.2 Å². The molecule has 0 aliphatic heterocycles. The molecule has 3 rings (SSSR count). The van der Waals surface area contributed by atoms with Gasteiger partial charge in [0.25, 0.3) is 21.6 Å². The van der Waals surface area contributed by atoms with Crippen molar-refractivity contribution in [2.24, 2.45) is 5.73 Å². The van der Waals surface area contributed by atoms with Crippen LogP contribution in [-0.4, -0.2) is 30.6 Å². The van der Waals surface area contributed by atoms with Gasteiger partial charge in [0, 0.05) is 17.5 Å². The molecule has 158 valence electrons. The minimum atomic E-state index is -4.97. The molecule has 8 nitrogen and oxygen atoms in total. The summed E-state index contributed by atoms with van der Waals surface area (Å²) in [6.45, 7) is 0. The molecular weight excluding hydrogens is 429 g/mol. The fraction of sp³-hybridized carbons (Fsp3) is 0.111. The number of nitrogens with zero attached hydrogens (tertiary/aromatic N) is 1. The number of carbonyl (C=O) groups excluding carboxylic acids is 1. The van der Waals surface area contributed by atoms with Gasteiger partial charge < -0.3 is 10.5 Å². The Balaban J connectivity index is 2.44. The van der Waals surface area contributed by atoms with Gasteiger partial charge in [0.1, 0.15) is 5.75 Å². The number of benzene rings is 2. The highest BCUT2D eigenvalue weighted by atomic mass is 32.2. The predicted molar refractivity (Wildman–Crippen MR) is 99.4 cm³/mol. The van der Waals surface area contributed by atoms with Gasteiger partial charge in [-0.15, -0.1) is 0 Å². The standard InChI is InChI=1S/C18H13F3N2O6S/c1-29-15-6-9(2-4-11(15)17(22)25)23-14-5-3-10(30(26,27)28)7-12(14)13(8-16(23)24)18(19,20)21/h2-8H,1H3,(H2,22,25)(H,26,27,28). The fourth-order valence-corrected chi connectivity index (χ4v) is 3.50. The summed E-state index contributed by atoms with van der Waals surface area (Å²) >= 11 is 0. The number of primary amides is 1. The molecule has 3 aromatic rings. The summed E-state index contributed by atoms with van der Waals surface area (Å²) in [5.74, 6) is -0.838. The molecule has 0 aliphatic carbocycles. The highest BCUT2D eigenvalue weighted by Gasteiger charge is 2.34. The number of aromatic nitrogens is 1. The van der Waals surface area contributed by atoms with Gasteiger partial charge in [0.2, 0.25) is 0 Å². The van der Waals surface area contributed by atoms with Crippen LogP contribution in [-0.2, 0) is 16.3 Å². The monoisotopic (exact) mass is 442 g/mol. The van der Waals surface area contributed by atoms with Crippen molar-refractivity contribution >= 4 is 26.9 Å². The van der Waals surface area contributed by atoms with Crippen LogP contribution in [0.1, 0.15) is 15.9 Å². The molecule has 1 aromatic heterocycles. The smallest absolute Gasteiger partial charge is 0.417 e. The summed E-state index contributed by atoms with van der Waals surface area (Å²) in [5, 5.41) is -0.629. The second-order valence-electron chi connectivity index (χ2n) is 6.13. The van der Waals surface area contributed by atoms with Gasteiger partial charge in [-0.2, -0.15) is 21.6 Å². The Hall–Kier alpha value is -3.38. The molecule has 3 N–H and O–H groups in total. The van der Waals surface area contributed by atoms with Crippen LogP contribution in [0.3, 0.4) is 0 Å². The lowest BCUT2D eigenvalue weighted by atomic mass is 10.1. The third-order valence-corrected chi connectivity index (χ3v) is 5.15. The number of methoxy groups -OCH3 is 1. The van der Waals surface area contributed by atoms with E-state index < -0.39 is 43.6 Å². The normalized spacial score (nSPS) is 12.2. The number of carbonyl (C=O) groups is 1. The number of hydrogen-bond acceptors (Lipinski definition) is 5. The van der Waals surface area contributed by atoms with Gasteiger partial charge in [-0.3, -0.25) is 18.7 Å². The first kappa shape index (κ1) is 21.3. The molecule has 0 saturated heterocycles. The number of hydrogen-bond donors (Lipinski definition) is 2. The van der Waals surface area contributed by atoms with E-state index in [0.29, 0.717) is 12.1 Å². The largest absolute Gasteiger partial charge is 0.496 e. The molecule has 0 bridgehead atoms. The van der Waals surface area contributed by atoms with Crippen molar-refractivity contribution in [1.82, 2.24) is 4.57 Å². The Morgan fingerprint density at radius 3 is 2.33 bits per heavy atom. The molecule has 0 aliphatic rings. The molecule has 2 aromatic carbocycles. The van der Waals surface area contributed by atoms with E-state index in [4.69, 9.17) is 10.5 Å². The molecule has 0 fully saturated rings. The molecule has 30 heavy (non-hydrogen) atoms. The van der Waals surface area contributed by atoms with Gasteiger partial charge in [0.15, 0.2) is 0 Å². The van der Waals surface area contributed by atoms with Gasteiger partial charge in [0.05, 0.1) is 34.3 Å². The van der Waals surface area contributed by atoms with Crippen LogP contribution in [0.25, 0.3) is 16.6 Å². The Morgan fingerprint density at radius 2 is 1.80 bits per heavy atom. The molecule has 12 heteroatoms. The van der Waals surface area contributed by atoms with E-state index in [-0.39, 0.29) is 22.5 Å². The van der Waals surface area contributed by atoms with E-state index in [0.717, 1.165) is 16.7 Å². The highest BCUT2D eigenvalue weighted by molar-refractivity contribution is 7.85. The lowest BCUT2D eigenvalue weighted by Gasteiger charge is -2.17. The van der Waals surface area contributed by atoms with Crippen molar-refractivity contribution in [3.63, 3.8) is 0 Å². The topological polar surface area (TPSA) is 129 Å². The zero-order valence-electron chi connectivity index (χ0n) is 15.1. The predicted octanol–water partition coefficient (Wildman–Crippen LogP) is 2.36. The van der Waals surface area contributed by atoms with E-state index in [1.165, 1.54) is 25.3 Å². The minimum absolute atomic E-state index is 0.0147. The summed E-state index contributed by atoms with van der Waals surface area (Å²) in [6, 6.07) is 6.49. The maximum Gasteiger partial charge on any atom is 0.417 e. The summed E-state index contributed by atoms with van der Waals surface area (Å²) in [7, 11) is -3.56. The summed E-state index contributed by atoms with van der Waals surface area (Å²) in [4.78, 5) is 23.3. The first-order chi connectivity index (χ1) is 13.8. The number of fused-ring (bicyclic) bond motifs is 1. The zero-order valence-corrected chi connectivity index (χ0v) is 15.9. The number of nitrogens with two attached hydrogens (primary N) is 1. The Morgan fingerprint density at radius 1 is 1.13 bits per heavy atom. The molecule has 0 spiro atoms. The first-order valence-electron chi connectivity index (χ1n) is 8.07. The number of alkyl halides is 3. The first-order valence-corrected chi connectivity index (χ1v) is 9.51. The molecular formula is C18H13F3N2O6S. The Bertz CT molecular complexity index is 1350. The maximum atomic E-state index is 13.5. The third-order valence-electron chi connectivity index (χ3n) is 4.30. The second-order valence-corrected chi connectivity index (χ2v) is 7.55. The fourth-order valence-electron chi connectivity index (χ4n) is 2.99. The van der Waals surface area contributed by atoms with Crippen molar-refractivity contribution in [3.05, 3.63) is 63.9 Å². The number of amides is 1. The number of ether oxygens (including phenoxy) is 1. The lowest BCUT2D eigenvalue weighted by molar-refractivity contribution is -0.136. The van der Waals surface area contributed by atoms with Gasteiger partial charge in [-0.05, 0) is 30.3 Å². The Kier molecular flexibility index (Phi) is 5.08. The zero-order chi connectivity index (χ0) is 22.4. The maximum absolute atomic E-state index is 13.5. The molecule has 1 amide bonds.